The number of halogens is 3. The van der Waals surface area contributed by atoms with E-state index in [1.807, 2.05) is 0 Å². The highest BCUT2D eigenvalue weighted by molar-refractivity contribution is 5.63. The first-order valence-corrected chi connectivity index (χ1v) is 3.45. The second-order valence-corrected chi connectivity index (χ2v) is 2.25. The first-order valence-electron chi connectivity index (χ1n) is 3.45. The zero-order valence-electron chi connectivity index (χ0n) is 7.01. The third-order valence-electron chi connectivity index (χ3n) is 1.32. The lowest BCUT2D eigenvalue weighted by molar-refractivity contribution is 0.117. The second-order valence-electron chi connectivity index (χ2n) is 2.25. The molecule has 0 spiro atoms. The van der Waals surface area contributed by atoms with Crippen molar-refractivity contribution in [1.29, 1.82) is 0 Å². The van der Waals surface area contributed by atoms with Crippen molar-refractivity contribution >= 4 is 6.16 Å². The van der Waals surface area contributed by atoms with E-state index < -0.39 is 29.4 Å². The van der Waals surface area contributed by atoms with Gasteiger partial charge in [0.15, 0.2) is 11.6 Å². The van der Waals surface area contributed by atoms with Crippen LogP contribution in [0.4, 0.5) is 18.0 Å². The zero-order valence-corrected chi connectivity index (χ0v) is 7.01. The summed E-state index contributed by atoms with van der Waals surface area (Å²) >= 11 is 0. The molecule has 0 heterocycles. The van der Waals surface area contributed by atoms with Gasteiger partial charge in [-0.3, -0.25) is 0 Å². The molecule has 0 fully saturated rings. The third kappa shape index (κ3) is 2.15. The van der Waals surface area contributed by atoms with Gasteiger partial charge in [0.25, 0.3) is 0 Å². The van der Waals surface area contributed by atoms with Crippen LogP contribution in [-0.4, -0.2) is 13.3 Å². The minimum absolute atomic E-state index is 0.390. The zero-order chi connectivity index (χ0) is 10.7. The van der Waals surface area contributed by atoms with Gasteiger partial charge in [0.2, 0.25) is 5.75 Å². The van der Waals surface area contributed by atoms with Crippen molar-refractivity contribution in [2.24, 2.45) is 0 Å². The molecule has 1 aromatic carbocycles. The molecule has 0 aromatic heterocycles. The van der Waals surface area contributed by atoms with Crippen LogP contribution >= 0.6 is 0 Å². The molecule has 6 heteroatoms. The Morgan fingerprint density at radius 3 is 2.14 bits per heavy atom. The van der Waals surface area contributed by atoms with Gasteiger partial charge in [-0.05, 0) is 0 Å². The molecule has 0 aliphatic carbocycles. The normalized spacial score (nSPS) is 9.71. The molecule has 0 amide bonds. The Hall–Kier alpha value is -1.72. The molecule has 0 radical (unpaired) electrons. The molecule has 0 saturated heterocycles. The standard InChI is InChI=1S/C8H5F3O3/c1-13-8(12)14-7-5(10)2-4(9)3-6(7)11/h2-3H,1H3. The summed E-state index contributed by atoms with van der Waals surface area (Å²) in [6.45, 7) is 0. The predicted octanol–water partition coefficient (Wildman–Crippen LogP) is 2.25. The van der Waals surface area contributed by atoms with Gasteiger partial charge in [-0.1, -0.05) is 0 Å². The topological polar surface area (TPSA) is 35.5 Å². The van der Waals surface area contributed by atoms with Crippen molar-refractivity contribution in [3.63, 3.8) is 0 Å². The number of carbonyl (C=O) groups excluding carboxylic acids is 1. The van der Waals surface area contributed by atoms with E-state index in [9.17, 15) is 18.0 Å². The Labute approximate surface area is 77.0 Å². The van der Waals surface area contributed by atoms with E-state index in [0.29, 0.717) is 12.1 Å². The van der Waals surface area contributed by atoms with E-state index >= 15 is 0 Å². The Bertz CT molecular complexity index is 342. The van der Waals surface area contributed by atoms with E-state index in [1.54, 1.807) is 0 Å². The molecule has 0 aliphatic heterocycles. The van der Waals surface area contributed by atoms with Gasteiger partial charge in [-0.15, -0.1) is 0 Å². The molecular weight excluding hydrogens is 201 g/mol. The van der Waals surface area contributed by atoms with E-state index in [0.717, 1.165) is 7.11 Å². The molecule has 0 unspecified atom stereocenters. The molecule has 1 rings (SSSR count). The molecule has 0 saturated carbocycles. The van der Waals surface area contributed by atoms with E-state index in [4.69, 9.17) is 0 Å². The van der Waals surface area contributed by atoms with Gasteiger partial charge in [0, 0.05) is 12.1 Å². The lowest BCUT2D eigenvalue weighted by atomic mass is 10.3. The molecule has 3 nitrogen and oxygen atoms in total. The highest BCUT2D eigenvalue weighted by atomic mass is 19.1. The lowest BCUT2D eigenvalue weighted by Crippen LogP contribution is -2.10. The Kier molecular flexibility index (Phi) is 2.95. The molecule has 0 atom stereocenters. The Morgan fingerprint density at radius 1 is 1.21 bits per heavy atom. The fourth-order valence-corrected chi connectivity index (χ4v) is 0.751. The van der Waals surface area contributed by atoms with Gasteiger partial charge < -0.3 is 9.47 Å². The summed E-state index contributed by atoms with van der Waals surface area (Å²) in [5.74, 6) is -4.71. The minimum atomic E-state index is -1.31. The van der Waals surface area contributed by atoms with Crippen molar-refractivity contribution in [2.45, 2.75) is 0 Å². The molecule has 1 aromatic rings. The van der Waals surface area contributed by atoms with Crippen LogP contribution in [0.3, 0.4) is 0 Å². The number of methoxy groups -OCH3 is 1. The highest BCUT2D eigenvalue weighted by Gasteiger charge is 2.16. The van der Waals surface area contributed by atoms with Gasteiger partial charge in [-0.25, -0.2) is 18.0 Å². The smallest absolute Gasteiger partial charge is 0.437 e. The summed E-state index contributed by atoms with van der Waals surface area (Å²) in [5, 5.41) is 0. The van der Waals surface area contributed by atoms with Crippen LogP contribution < -0.4 is 4.74 Å². The van der Waals surface area contributed by atoms with Crippen LogP contribution in [0.5, 0.6) is 5.75 Å². The maximum atomic E-state index is 12.8. The average Bonchev–Trinajstić information content (AvgIpc) is 2.10. The van der Waals surface area contributed by atoms with Gasteiger partial charge >= 0.3 is 6.16 Å². The monoisotopic (exact) mass is 206 g/mol. The van der Waals surface area contributed by atoms with Crippen molar-refractivity contribution < 1.29 is 27.4 Å². The maximum Gasteiger partial charge on any atom is 0.513 e. The van der Waals surface area contributed by atoms with Crippen LogP contribution in [0.1, 0.15) is 0 Å². The molecule has 76 valence electrons. The predicted molar refractivity (Wildman–Crippen MR) is 39.3 cm³/mol. The summed E-state index contributed by atoms with van der Waals surface area (Å²) in [6, 6.07) is 0.780. The minimum Gasteiger partial charge on any atom is -0.437 e. The van der Waals surface area contributed by atoms with Crippen molar-refractivity contribution in [3.8, 4) is 5.75 Å². The Morgan fingerprint density at radius 2 is 1.71 bits per heavy atom. The van der Waals surface area contributed by atoms with E-state index in [2.05, 4.69) is 9.47 Å². The van der Waals surface area contributed by atoms with Crippen LogP contribution in [0, 0.1) is 17.5 Å². The van der Waals surface area contributed by atoms with Gasteiger partial charge in [-0.2, -0.15) is 0 Å². The number of hydrogen-bond acceptors (Lipinski definition) is 3. The number of ether oxygens (including phenoxy) is 2. The Balaban J connectivity index is 3.02. The highest BCUT2D eigenvalue weighted by Crippen LogP contribution is 2.22. The molecule has 0 aliphatic rings. The van der Waals surface area contributed by atoms with Crippen molar-refractivity contribution in [3.05, 3.63) is 29.6 Å². The molecular formula is C8H5F3O3. The first-order chi connectivity index (χ1) is 6.54. The lowest BCUT2D eigenvalue weighted by Gasteiger charge is -2.04. The molecule has 0 N–H and O–H groups in total. The summed E-state index contributed by atoms with van der Waals surface area (Å²) in [5.41, 5.74) is 0. The number of hydrogen-bond donors (Lipinski definition) is 0. The summed E-state index contributed by atoms with van der Waals surface area (Å²) in [7, 11) is 0.974. The summed E-state index contributed by atoms with van der Waals surface area (Å²) in [6.07, 6.45) is -1.28. The van der Waals surface area contributed by atoms with Gasteiger partial charge in [0.1, 0.15) is 5.82 Å². The van der Waals surface area contributed by atoms with Crippen LogP contribution in [0.15, 0.2) is 12.1 Å². The average molecular weight is 206 g/mol. The fraction of sp³-hybridized carbons (Fsp3) is 0.125. The number of benzene rings is 1. The first kappa shape index (κ1) is 10.4. The SMILES string of the molecule is COC(=O)Oc1c(F)cc(F)cc1F. The molecule has 14 heavy (non-hydrogen) atoms. The largest absolute Gasteiger partial charge is 0.513 e. The number of rotatable bonds is 1. The van der Waals surface area contributed by atoms with Crippen molar-refractivity contribution in [2.75, 3.05) is 7.11 Å². The summed E-state index contributed by atoms with van der Waals surface area (Å²) < 4.78 is 46.1. The van der Waals surface area contributed by atoms with Gasteiger partial charge in [0.05, 0.1) is 7.11 Å². The maximum absolute atomic E-state index is 12.8. The third-order valence-corrected chi connectivity index (χ3v) is 1.32. The van der Waals surface area contributed by atoms with E-state index in [-0.39, 0.29) is 0 Å². The number of carbonyl (C=O) groups is 1. The quantitative estimate of drug-likeness (QED) is 0.522. The summed E-state index contributed by atoms with van der Waals surface area (Å²) in [4.78, 5) is 10.5. The van der Waals surface area contributed by atoms with Crippen LogP contribution in [-0.2, 0) is 4.74 Å². The van der Waals surface area contributed by atoms with Crippen LogP contribution in [0.2, 0.25) is 0 Å². The van der Waals surface area contributed by atoms with Crippen molar-refractivity contribution in [1.82, 2.24) is 0 Å². The second kappa shape index (κ2) is 3.99. The molecule has 0 bridgehead atoms. The fourth-order valence-electron chi connectivity index (χ4n) is 0.751. The van der Waals surface area contributed by atoms with Crippen LogP contribution in [0.25, 0.3) is 0 Å². The van der Waals surface area contributed by atoms with E-state index in [1.165, 1.54) is 0 Å².